The number of fused-ring (bicyclic) bond motifs is 1. The molecule has 5 heteroatoms. The second kappa shape index (κ2) is 16.0. The van der Waals surface area contributed by atoms with Crippen molar-refractivity contribution in [2.24, 2.45) is 0 Å². The monoisotopic (exact) mass is 543 g/mol. The Hall–Kier alpha value is -0.483. The fraction of sp³-hybridized carbons (Fsp3) is 0.211. The van der Waals surface area contributed by atoms with Crippen LogP contribution in [0.4, 0.5) is 5.69 Å². The summed E-state index contributed by atoms with van der Waals surface area (Å²) in [6.45, 7) is 8.32. The standard InChI is InChI=1S/C9H7.C8H10N.C2H6Si.2ClH.Hf/c1-2-5-9-7-3-6-8(9)4-1;1-6-3-7(2)5-8(9)4-6;1-3-2;;;/h1-7H;3-5,9H,1-2H3;1-2H3;2*1H;/q2*-1;;;;+4/p-2. The van der Waals surface area contributed by atoms with Crippen LogP contribution >= 0.6 is 0 Å². The zero-order valence-corrected chi connectivity index (χ0v) is 20.6. The van der Waals surface area contributed by atoms with Gasteiger partial charge in [0.15, 0.2) is 0 Å². The van der Waals surface area contributed by atoms with Crippen molar-refractivity contribution in [3.63, 3.8) is 0 Å². The molecule has 0 saturated heterocycles. The maximum atomic E-state index is 7.28. The fourth-order valence-electron chi connectivity index (χ4n) is 2.04. The van der Waals surface area contributed by atoms with Gasteiger partial charge in [-0.2, -0.15) is 17.5 Å². The van der Waals surface area contributed by atoms with E-state index in [1.807, 2.05) is 26.0 Å². The van der Waals surface area contributed by atoms with E-state index in [0.717, 1.165) is 9.52 Å². The summed E-state index contributed by atoms with van der Waals surface area (Å²) < 4.78 is 0. The number of benzene rings is 2. The molecule has 0 aliphatic heterocycles. The minimum absolute atomic E-state index is 0. The van der Waals surface area contributed by atoms with Crippen molar-refractivity contribution in [3.05, 3.63) is 77.5 Å². The van der Waals surface area contributed by atoms with Gasteiger partial charge in [-0.1, -0.05) is 48.5 Å². The second-order valence-electron chi connectivity index (χ2n) is 5.03. The van der Waals surface area contributed by atoms with E-state index in [4.69, 9.17) is 5.73 Å². The molecule has 0 saturated carbocycles. The summed E-state index contributed by atoms with van der Waals surface area (Å²) in [5.74, 6) is 0. The Kier molecular flexibility index (Phi) is 18.9. The van der Waals surface area contributed by atoms with Crippen molar-refractivity contribution in [1.29, 1.82) is 0 Å². The van der Waals surface area contributed by atoms with Gasteiger partial charge >= 0.3 is 25.8 Å². The number of hydrogen-bond acceptors (Lipinski definition) is 0. The van der Waals surface area contributed by atoms with Gasteiger partial charge in [0.25, 0.3) is 0 Å². The molecule has 0 fully saturated rings. The summed E-state index contributed by atoms with van der Waals surface area (Å²) in [4.78, 5) is 0. The van der Waals surface area contributed by atoms with E-state index in [0.29, 0.717) is 5.69 Å². The molecule has 0 bridgehead atoms. The van der Waals surface area contributed by atoms with Crippen LogP contribution in [0.5, 0.6) is 0 Å². The van der Waals surface area contributed by atoms with Crippen LogP contribution in [-0.4, -0.2) is 9.52 Å². The van der Waals surface area contributed by atoms with Gasteiger partial charge in [0.1, 0.15) is 0 Å². The van der Waals surface area contributed by atoms with Gasteiger partial charge in [0.2, 0.25) is 0 Å². The number of rotatable bonds is 0. The first-order chi connectivity index (χ1) is 10.1. The second-order valence-corrected chi connectivity index (χ2v) is 6.03. The van der Waals surface area contributed by atoms with Gasteiger partial charge in [-0.15, -0.1) is 35.3 Å². The third-order valence-electron chi connectivity index (χ3n) is 2.77. The van der Waals surface area contributed by atoms with Crippen molar-refractivity contribution in [1.82, 2.24) is 0 Å². The summed E-state index contributed by atoms with van der Waals surface area (Å²) in [7, 11) is 1.08. The SMILES string of the molecule is C[Si]C.Cc1cc(C)cc([NH-])c1.[Cl-].[Cl-].[Hf+4].c1ccc2[cH-]ccc2c1. The zero-order valence-electron chi connectivity index (χ0n) is 14.5. The molecule has 3 rings (SSSR count). The van der Waals surface area contributed by atoms with E-state index in [-0.39, 0.29) is 50.7 Å². The molecule has 1 nitrogen and oxygen atoms in total. The van der Waals surface area contributed by atoms with Crippen LogP contribution in [0.1, 0.15) is 11.1 Å². The Morgan fingerprint density at radius 2 is 1.38 bits per heavy atom. The maximum absolute atomic E-state index is 7.28. The maximum Gasteiger partial charge on any atom is 4.00 e. The molecule has 0 atom stereocenters. The van der Waals surface area contributed by atoms with Crippen LogP contribution < -0.4 is 24.8 Å². The first kappa shape index (κ1) is 28.3. The van der Waals surface area contributed by atoms with Gasteiger partial charge in [-0.05, 0) is 13.8 Å². The predicted molar refractivity (Wildman–Crippen MR) is 96.9 cm³/mol. The van der Waals surface area contributed by atoms with Gasteiger partial charge in [0, 0.05) is 9.52 Å². The van der Waals surface area contributed by atoms with Gasteiger partial charge in [-0.25, -0.2) is 0 Å². The normalized spacial score (nSPS) is 8.17. The van der Waals surface area contributed by atoms with Crippen LogP contribution in [0.25, 0.3) is 16.5 Å². The van der Waals surface area contributed by atoms with Crippen LogP contribution in [0.15, 0.2) is 60.7 Å². The molecule has 0 amide bonds. The summed E-state index contributed by atoms with van der Waals surface area (Å²) in [5.41, 5.74) is 10.2. The summed E-state index contributed by atoms with van der Waals surface area (Å²) >= 11 is 0. The van der Waals surface area contributed by atoms with Gasteiger partial charge in [-0.3, -0.25) is 0 Å². The van der Waals surface area contributed by atoms with E-state index in [2.05, 4.69) is 61.6 Å². The van der Waals surface area contributed by atoms with E-state index < -0.39 is 0 Å². The largest absolute Gasteiger partial charge is 4.00 e. The minimum atomic E-state index is 0. The molecule has 24 heavy (non-hydrogen) atoms. The molecule has 0 heterocycles. The summed E-state index contributed by atoms with van der Waals surface area (Å²) in [5, 5.41) is 2.66. The van der Waals surface area contributed by atoms with Crippen molar-refractivity contribution in [2.75, 3.05) is 0 Å². The molecule has 3 aromatic carbocycles. The molecular formula is C19H23Cl2HfNSi. The average molecular weight is 543 g/mol. The number of aryl methyl sites for hydroxylation is 2. The van der Waals surface area contributed by atoms with Crippen molar-refractivity contribution in [2.45, 2.75) is 26.9 Å². The Morgan fingerprint density at radius 3 is 1.83 bits per heavy atom. The zero-order chi connectivity index (χ0) is 15.7. The number of nitrogens with one attached hydrogen (secondary N) is 1. The molecule has 0 spiro atoms. The molecule has 0 aliphatic carbocycles. The van der Waals surface area contributed by atoms with E-state index in [1.165, 1.54) is 21.9 Å². The third-order valence-corrected chi connectivity index (χ3v) is 2.77. The van der Waals surface area contributed by atoms with Crippen LogP contribution in [-0.2, 0) is 25.8 Å². The van der Waals surface area contributed by atoms with Gasteiger partial charge in [0.05, 0.1) is 0 Å². The van der Waals surface area contributed by atoms with Crippen molar-refractivity contribution in [3.8, 4) is 0 Å². The molecule has 3 aromatic rings. The smallest absolute Gasteiger partial charge is 1.00 e. The third kappa shape index (κ3) is 11.1. The topological polar surface area (TPSA) is 23.8 Å². The fourth-order valence-corrected chi connectivity index (χ4v) is 2.04. The average Bonchev–Trinajstić information content (AvgIpc) is 2.86. The van der Waals surface area contributed by atoms with Crippen LogP contribution in [0, 0.1) is 13.8 Å². The quantitative estimate of drug-likeness (QED) is 0.289. The molecule has 2 radical (unpaired) electrons. The molecule has 1 N–H and O–H groups in total. The minimum Gasteiger partial charge on any atom is -1.00 e. The Bertz CT molecular complexity index is 591. The first-order valence-corrected chi connectivity index (χ1v) is 9.05. The van der Waals surface area contributed by atoms with Crippen LogP contribution in [0.3, 0.4) is 0 Å². The first-order valence-electron chi connectivity index (χ1n) is 7.05. The molecule has 126 valence electrons. The van der Waals surface area contributed by atoms with Crippen molar-refractivity contribution < 1.29 is 50.7 Å². The number of halogens is 2. The molecule has 0 unspecified atom stereocenters. The Morgan fingerprint density at radius 1 is 0.875 bits per heavy atom. The van der Waals surface area contributed by atoms with E-state index >= 15 is 0 Å². The van der Waals surface area contributed by atoms with Crippen LogP contribution in [0.2, 0.25) is 13.1 Å². The Balaban J connectivity index is -0.000000286. The molecular weight excluding hydrogens is 520 g/mol. The molecule has 0 aromatic heterocycles. The summed E-state index contributed by atoms with van der Waals surface area (Å²) in [6, 6.07) is 20.4. The van der Waals surface area contributed by atoms with E-state index in [9.17, 15) is 0 Å². The number of hydrogen-bond donors (Lipinski definition) is 0. The Labute approximate surface area is 180 Å². The van der Waals surface area contributed by atoms with Gasteiger partial charge < -0.3 is 30.5 Å². The van der Waals surface area contributed by atoms with Crippen molar-refractivity contribution >= 4 is 26.0 Å². The van der Waals surface area contributed by atoms with E-state index in [1.54, 1.807) is 0 Å². The molecule has 0 aliphatic rings. The predicted octanol–water partition coefficient (Wildman–Crippen LogP) is 0.338. The summed E-state index contributed by atoms with van der Waals surface area (Å²) in [6.07, 6.45) is 0.